The highest BCUT2D eigenvalue weighted by Crippen LogP contribution is 2.21. The van der Waals surface area contributed by atoms with E-state index in [0.29, 0.717) is 23.8 Å². The smallest absolute Gasteiger partial charge is 0.321 e. The van der Waals surface area contributed by atoms with Crippen molar-refractivity contribution < 1.29 is 4.79 Å². The lowest BCUT2D eigenvalue weighted by Crippen LogP contribution is -2.50. The van der Waals surface area contributed by atoms with Crippen LogP contribution in [0.5, 0.6) is 0 Å². The lowest BCUT2D eigenvalue weighted by Gasteiger charge is -2.36. The van der Waals surface area contributed by atoms with Crippen LogP contribution in [0.3, 0.4) is 0 Å². The van der Waals surface area contributed by atoms with Gasteiger partial charge in [-0.2, -0.15) is 0 Å². The average molecular weight is 350 g/mol. The maximum Gasteiger partial charge on any atom is 0.321 e. The Morgan fingerprint density at radius 2 is 1.57 bits per heavy atom. The minimum absolute atomic E-state index is 0.0991. The fraction of sp³-hybridized carbons (Fsp3) is 0.235. The maximum absolute atomic E-state index is 12.3. The fourth-order valence-corrected chi connectivity index (χ4v) is 2.98. The molecule has 2 aromatic carbocycles. The molecule has 1 heterocycles. The second-order valence-corrected chi connectivity index (χ2v) is 6.27. The van der Waals surface area contributed by atoms with Crippen LogP contribution in [0, 0.1) is 0 Å². The van der Waals surface area contributed by atoms with E-state index in [4.69, 9.17) is 23.2 Å². The number of anilines is 2. The predicted molar refractivity (Wildman–Crippen MR) is 95.7 cm³/mol. The van der Waals surface area contributed by atoms with Crippen molar-refractivity contribution in [2.75, 3.05) is 36.4 Å². The van der Waals surface area contributed by atoms with E-state index in [1.165, 1.54) is 0 Å². The van der Waals surface area contributed by atoms with Crippen molar-refractivity contribution >= 4 is 40.6 Å². The molecule has 23 heavy (non-hydrogen) atoms. The molecule has 4 nitrogen and oxygen atoms in total. The fourth-order valence-electron chi connectivity index (χ4n) is 2.61. The minimum Gasteiger partial charge on any atom is -0.368 e. The highest BCUT2D eigenvalue weighted by molar-refractivity contribution is 6.31. The molecule has 0 bridgehead atoms. The van der Waals surface area contributed by atoms with E-state index in [1.54, 1.807) is 12.1 Å². The van der Waals surface area contributed by atoms with Crippen LogP contribution in [-0.4, -0.2) is 37.1 Å². The highest BCUT2D eigenvalue weighted by atomic mass is 35.5. The molecule has 2 amide bonds. The largest absolute Gasteiger partial charge is 0.368 e. The topological polar surface area (TPSA) is 35.6 Å². The monoisotopic (exact) mass is 349 g/mol. The Morgan fingerprint density at radius 1 is 0.913 bits per heavy atom. The highest BCUT2D eigenvalue weighted by Gasteiger charge is 2.21. The standard InChI is InChI=1S/C17H17Cl2N3O/c18-13-3-1-5-15(11-13)20-17(23)22-9-7-21(8-10-22)16-6-2-4-14(19)12-16/h1-6,11-12H,7-10H2,(H,20,23). The van der Waals surface area contributed by atoms with Crippen molar-refractivity contribution in [3.8, 4) is 0 Å². The van der Waals surface area contributed by atoms with Crippen molar-refractivity contribution in [1.82, 2.24) is 4.90 Å². The van der Waals surface area contributed by atoms with E-state index in [1.807, 2.05) is 41.3 Å². The predicted octanol–water partition coefficient (Wildman–Crippen LogP) is 4.35. The molecular weight excluding hydrogens is 333 g/mol. The van der Waals surface area contributed by atoms with E-state index in [0.717, 1.165) is 23.8 Å². The van der Waals surface area contributed by atoms with Gasteiger partial charge in [0.1, 0.15) is 0 Å². The van der Waals surface area contributed by atoms with Gasteiger partial charge in [-0.1, -0.05) is 35.3 Å². The summed E-state index contributed by atoms with van der Waals surface area (Å²) in [5, 5.41) is 4.21. The van der Waals surface area contributed by atoms with Crippen LogP contribution < -0.4 is 10.2 Å². The molecule has 1 N–H and O–H groups in total. The van der Waals surface area contributed by atoms with E-state index >= 15 is 0 Å². The first-order chi connectivity index (χ1) is 11.1. The van der Waals surface area contributed by atoms with E-state index < -0.39 is 0 Å². The zero-order chi connectivity index (χ0) is 16.2. The zero-order valence-electron chi connectivity index (χ0n) is 12.5. The van der Waals surface area contributed by atoms with E-state index in [9.17, 15) is 4.79 Å². The Kier molecular flexibility index (Phi) is 4.94. The molecule has 0 aromatic heterocycles. The van der Waals surface area contributed by atoms with Crippen LogP contribution in [-0.2, 0) is 0 Å². The minimum atomic E-state index is -0.0991. The first kappa shape index (κ1) is 16.0. The van der Waals surface area contributed by atoms with Crippen molar-refractivity contribution in [1.29, 1.82) is 0 Å². The summed E-state index contributed by atoms with van der Waals surface area (Å²) in [5.74, 6) is 0. The Labute approximate surface area is 145 Å². The third kappa shape index (κ3) is 4.09. The summed E-state index contributed by atoms with van der Waals surface area (Å²) in [7, 11) is 0. The second kappa shape index (κ2) is 7.11. The molecule has 6 heteroatoms. The van der Waals surface area contributed by atoms with Gasteiger partial charge in [0.2, 0.25) is 0 Å². The van der Waals surface area contributed by atoms with Gasteiger partial charge in [-0.15, -0.1) is 0 Å². The number of urea groups is 1. The molecule has 120 valence electrons. The van der Waals surface area contributed by atoms with Gasteiger partial charge < -0.3 is 15.1 Å². The molecule has 2 aromatic rings. The summed E-state index contributed by atoms with van der Waals surface area (Å²) in [4.78, 5) is 16.3. The number of hydrogen-bond donors (Lipinski definition) is 1. The van der Waals surface area contributed by atoms with Gasteiger partial charge in [-0.3, -0.25) is 0 Å². The van der Waals surface area contributed by atoms with Gasteiger partial charge in [0.25, 0.3) is 0 Å². The van der Waals surface area contributed by atoms with Crippen molar-refractivity contribution in [3.63, 3.8) is 0 Å². The van der Waals surface area contributed by atoms with Crippen LogP contribution in [0.2, 0.25) is 10.0 Å². The molecule has 1 saturated heterocycles. The SMILES string of the molecule is O=C(Nc1cccc(Cl)c1)N1CCN(c2cccc(Cl)c2)CC1. The molecule has 1 fully saturated rings. The Balaban J connectivity index is 1.57. The number of piperazine rings is 1. The summed E-state index contributed by atoms with van der Waals surface area (Å²) in [5.41, 5.74) is 1.80. The van der Waals surface area contributed by atoms with E-state index in [2.05, 4.69) is 10.2 Å². The average Bonchev–Trinajstić information content (AvgIpc) is 2.55. The normalized spacial score (nSPS) is 14.7. The Bertz CT molecular complexity index is 700. The van der Waals surface area contributed by atoms with Crippen LogP contribution >= 0.6 is 23.2 Å². The molecule has 1 aliphatic heterocycles. The van der Waals surface area contributed by atoms with Gasteiger partial charge >= 0.3 is 6.03 Å². The first-order valence-electron chi connectivity index (χ1n) is 7.44. The zero-order valence-corrected chi connectivity index (χ0v) is 14.0. The molecule has 0 aliphatic carbocycles. The molecule has 0 saturated carbocycles. The molecule has 0 spiro atoms. The lowest BCUT2D eigenvalue weighted by atomic mass is 10.2. The molecule has 0 radical (unpaired) electrons. The third-order valence-electron chi connectivity index (χ3n) is 3.82. The molecule has 0 unspecified atom stereocenters. The molecule has 0 atom stereocenters. The van der Waals surface area contributed by atoms with Gasteiger partial charge in [-0.05, 0) is 36.4 Å². The summed E-state index contributed by atoms with van der Waals surface area (Å²) >= 11 is 12.0. The van der Waals surface area contributed by atoms with Gasteiger partial charge in [0.15, 0.2) is 0 Å². The summed E-state index contributed by atoms with van der Waals surface area (Å²) in [6.45, 7) is 2.89. The van der Waals surface area contributed by atoms with Gasteiger partial charge in [0, 0.05) is 47.6 Å². The number of carbonyl (C=O) groups excluding carboxylic acids is 1. The van der Waals surface area contributed by atoms with Crippen LogP contribution in [0.25, 0.3) is 0 Å². The number of carbonyl (C=O) groups is 1. The number of nitrogens with one attached hydrogen (secondary N) is 1. The van der Waals surface area contributed by atoms with Crippen molar-refractivity contribution in [2.24, 2.45) is 0 Å². The second-order valence-electron chi connectivity index (χ2n) is 5.39. The third-order valence-corrected chi connectivity index (χ3v) is 4.29. The summed E-state index contributed by atoms with van der Waals surface area (Å²) < 4.78 is 0. The molecular formula is C17H17Cl2N3O. The molecule has 3 rings (SSSR count). The van der Waals surface area contributed by atoms with Crippen LogP contribution in [0.4, 0.5) is 16.2 Å². The number of halogens is 2. The van der Waals surface area contributed by atoms with Gasteiger partial charge in [0.05, 0.1) is 0 Å². The first-order valence-corrected chi connectivity index (χ1v) is 8.19. The Hall–Kier alpha value is -1.91. The number of nitrogens with zero attached hydrogens (tertiary/aromatic N) is 2. The van der Waals surface area contributed by atoms with Crippen molar-refractivity contribution in [2.45, 2.75) is 0 Å². The number of rotatable bonds is 2. The Morgan fingerprint density at radius 3 is 2.22 bits per heavy atom. The summed E-state index contributed by atoms with van der Waals surface area (Å²) in [6, 6.07) is 14.8. The quantitative estimate of drug-likeness (QED) is 0.874. The number of benzene rings is 2. The number of hydrogen-bond acceptors (Lipinski definition) is 2. The lowest BCUT2D eigenvalue weighted by molar-refractivity contribution is 0.208. The van der Waals surface area contributed by atoms with Crippen LogP contribution in [0.1, 0.15) is 0 Å². The number of amides is 2. The van der Waals surface area contributed by atoms with E-state index in [-0.39, 0.29) is 6.03 Å². The summed E-state index contributed by atoms with van der Waals surface area (Å²) in [6.07, 6.45) is 0. The van der Waals surface area contributed by atoms with Crippen molar-refractivity contribution in [3.05, 3.63) is 58.6 Å². The van der Waals surface area contributed by atoms with Gasteiger partial charge in [-0.25, -0.2) is 4.79 Å². The van der Waals surface area contributed by atoms with Crippen LogP contribution in [0.15, 0.2) is 48.5 Å². The maximum atomic E-state index is 12.3. The molecule has 1 aliphatic rings.